The summed E-state index contributed by atoms with van der Waals surface area (Å²) in [6.07, 6.45) is 0. The molecule has 0 aliphatic rings. The number of aromatic hydroxyl groups is 1. The maximum absolute atomic E-state index is 11.5. The molecule has 0 aliphatic heterocycles. The number of thioether (sulfide) groups is 1. The molecular weight excluding hydrogens is 396 g/mol. The first-order valence-corrected chi connectivity index (χ1v) is 11.5. The summed E-state index contributed by atoms with van der Waals surface area (Å²) in [5.74, 6) is 0.358. The fourth-order valence-electron chi connectivity index (χ4n) is 3.70. The van der Waals surface area contributed by atoms with Gasteiger partial charge in [-0.15, -0.1) is 11.8 Å². The zero-order valence-corrected chi connectivity index (χ0v) is 19.1. The van der Waals surface area contributed by atoms with Gasteiger partial charge in [0.2, 0.25) is 0 Å². The van der Waals surface area contributed by atoms with Crippen LogP contribution in [0.1, 0.15) is 42.7 Å². The number of benzene rings is 4. The Hall–Kier alpha value is -2.97. The van der Waals surface area contributed by atoms with Crippen LogP contribution in [0.3, 0.4) is 0 Å². The Morgan fingerprint density at radius 3 is 1.84 bits per heavy atom. The third-order valence-corrected chi connectivity index (χ3v) is 6.78. The van der Waals surface area contributed by atoms with Gasteiger partial charge in [0.05, 0.1) is 5.25 Å². The van der Waals surface area contributed by atoms with E-state index in [-0.39, 0.29) is 10.7 Å². The topological polar surface area (TPSA) is 20.2 Å². The van der Waals surface area contributed by atoms with Crippen LogP contribution in [0.2, 0.25) is 0 Å². The van der Waals surface area contributed by atoms with Gasteiger partial charge in [0, 0.05) is 16.0 Å². The molecule has 0 heterocycles. The van der Waals surface area contributed by atoms with Gasteiger partial charge in [0.15, 0.2) is 0 Å². The standard InChI is InChI=1S/C29H28OS/c1-29(2,3)23-19-25(21-13-7-4-8-14-21)27(30)26(20-23)28(22-15-9-5-10-16-22)31-24-17-11-6-12-18-24/h4-20,28,30H,1-3H3. The molecule has 0 fully saturated rings. The van der Waals surface area contributed by atoms with Crippen LogP contribution in [0.5, 0.6) is 5.75 Å². The Balaban J connectivity index is 1.93. The van der Waals surface area contributed by atoms with E-state index < -0.39 is 0 Å². The highest BCUT2D eigenvalue weighted by Gasteiger charge is 2.25. The van der Waals surface area contributed by atoms with E-state index in [4.69, 9.17) is 0 Å². The first-order chi connectivity index (χ1) is 14.9. The van der Waals surface area contributed by atoms with Gasteiger partial charge in [-0.25, -0.2) is 0 Å². The predicted octanol–water partition coefficient (Wildman–Crippen LogP) is 8.24. The molecular formula is C29H28OS. The SMILES string of the molecule is CC(C)(C)c1cc(-c2ccccc2)c(O)c(C(Sc2ccccc2)c2ccccc2)c1. The van der Waals surface area contributed by atoms with Crippen LogP contribution in [0, 0.1) is 0 Å². The summed E-state index contributed by atoms with van der Waals surface area (Å²) in [7, 11) is 0. The number of hydrogen-bond donors (Lipinski definition) is 1. The third-order valence-electron chi connectivity index (χ3n) is 5.47. The van der Waals surface area contributed by atoms with Crippen LogP contribution < -0.4 is 0 Å². The zero-order chi connectivity index (χ0) is 21.8. The lowest BCUT2D eigenvalue weighted by Gasteiger charge is -2.26. The maximum atomic E-state index is 11.5. The normalized spacial score (nSPS) is 12.5. The van der Waals surface area contributed by atoms with Gasteiger partial charge >= 0.3 is 0 Å². The molecule has 1 N–H and O–H groups in total. The molecule has 0 saturated carbocycles. The molecule has 1 unspecified atom stereocenters. The second-order valence-electron chi connectivity index (χ2n) is 8.80. The molecule has 0 bridgehead atoms. The molecule has 4 aromatic carbocycles. The minimum Gasteiger partial charge on any atom is -0.507 e. The molecule has 0 radical (unpaired) electrons. The first-order valence-electron chi connectivity index (χ1n) is 10.6. The van der Waals surface area contributed by atoms with E-state index in [2.05, 4.69) is 93.6 Å². The number of rotatable bonds is 5. The van der Waals surface area contributed by atoms with Crippen molar-refractivity contribution < 1.29 is 5.11 Å². The van der Waals surface area contributed by atoms with Gasteiger partial charge in [-0.1, -0.05) is 106 Å². The Morgan fingerprint density at radius 1 is 0.710 bits per heavy atom. The predicted molar refractivity (Wildman–Crippen MR) is 133 cm³/mol. The number of phenolic OH excluding ortho intramolecular Hbond substituents is 1. The fourth-order valence-corrected chi connectivity index (χ4v) is 4.89. The van der Waals surface area contributed by atoms with Crippen molar-refractivity contribution in [3.05, 3.63) is 120 Å². The largest absolute Gasteiger partial charge is 0.507 e. The second-order valence-corrected chi connectivity index (χ2v) is 9.98. The summed E-state index contributed by atoms with van der Waals surface area (Å²) in [6, 6.07) is 35.4. The van der Waals surface area contributed by atoms with Gasteiger partial charge in [0.1, 0.15) is 5.75 Å². The summed E-state index contributed by atoms with van der Waals surface area (Å²) >= 11 is 1.77. The average molecular weight is 425 g/mol. The molecule has 1 atom stereocenters. The van der Waals surface area contributed by atoms with Crippen molar-refractivity contribution in [1.29, 1.82) is 0 Å². The Bertz CT molecular complexity index is 1130. The second kappa shape index (κ2) is 9.03. The summed E-state index contributed by atoms with van der Waals surface area (Å²) in [6.45, 7) is 6.67. The van der Waals surface area contributed by atoms with E-state index in [0.717, 1.165) is 16.7 Å². The first kappa shape index (κ1) is 21.3. The van der Waals surface area contributed by atoms with E-state index in [1.807, 2.05) is 30.3 Å². The maximum Gasteiger partial charge on any atom is 0.128 e. The van der Waals surface area contributed by atoms with Gasteiger partial charge < -0.3 is 5.11 Å². The summed E-state index contributed by atoms with van der Waals surface area (Å²) < 4.78 is 0. The lowest BCUT2D eigenvalue weighted by molar-refractivity contribution is 0.469. The molecule has 4 aromatic rings. The van der Waals surface area contributed by atoms with Crippen molar-refractivity contribution >= 4 is 11.8 Å². The molecule has 2 heteroatoms. The molecule has 0 saturated heterocycles. The van der Waals surface area contributed by atoms with Crippen molar-refractivity contribution in [3.63, 3.8) is 0 Å². The molecule has 4 rings (SSSR count). The highest BCUT2D eigenvalue weighted by Crippen LogP contribution is 2.48. The average Bonchev–Trinajstić information content (AvgIpc) is 2.79. The van der Waals surface area contributed by atoms with Crippen molar-refractivity contribution in [2.45, 2.75) is 36.3 Å². The quantitative estimate of drug-likeness (QED) is 0.326. The highest BCUT2D eigenvalue weighted by atomic mass is 32.2. The number of hydrogen-bond acceptors (Lipinski definition) is 2. The Kier molecular flexibility index (Phi) is 6.20. The molecule has 1 nitrogen and oxygen atoms in total. The monoisotopic (exact) mass is 424 g/mol. The van der Waals surface area contributed by atoms with Crippen LogP contribution in [0.25, 0.3) is 11.1 Å². The van der Waals surface area contributed by atoms with Crippen LogP contribution in [-0.2, 0) is 5.41 Å². The van der Waals surface area contributed by atoms with Crippen LogP contribution in [0.15, 0.2) is 108 Å². The minimum atomic E-state index is -0.0371. The summed E-state index contributed by atoms with van der Waals surface area (Å²) in [4.78, 5) is 1.18. The van der Waals surface area contributed by atoms with E-state index in [0.29, 0.717) is 5.75 Å². The van der Waals surface area contributed by atoms with Crippen molar-refractivity contribution in [2.24, 2.45) is 0 Å². The van der Waals surface area contributed by atoms with E-state index in [1.165, 1.54) is 16.0 Å². The van der Waals surface area contributed by atoms with Gasteiger partial charge in [-0.05, 0) is 40.3 Å². The third kappa shape index (κ3) is 4.86. The van der Waals surface area contributed by atoms with E-state index in [1.54, 1.807) is 11.8 Å². The molecule has 0 amide bonds. The minimum absolute atomic E-state index is 0.0200. The smallest absolute Gasteiger partial charge is 0.128 e. The molecule has 0 spiro atoms. The fraction of sp³-hybridized carbons (Fsp3) is 0.172. The van der Waals surface area contributed by atoms with Crippen molar-refractivity contribution in [3.8, 4) is 16.9 Å². The lowest BCUT2D eigenvalue weighted by Crippen LogP contribution is -2.12. The molecule has 0 aliphatic carbocycles. The van der Waals surface area contributed by atoms with Gasteiger partial charge in [-0.3, -0.25) is 0 Å². The summed E-state index contributed by atoms with van der Waals surface area (Å²) in [5, 5.41) is 11.5. The Morgan fingerprint density at radius 2 is 1.26 bits per heavy atom. The summed E-state index contributed by atoms with van der Waals surface area (Å²) in [5.41, 5.74) is 5.23. The molecule has 31 heavy (non-hydrogen) atoms. The highest BCUT2D eigenvalue weighted by molar-refractivity contribution is 7.99. The van der Waals surface area contributed by atoms with E-state index >= 15 is 0 Å². The Labute approximate surface area is 189 Å². The van der Waals surface area contributed by atoms with Crippen molar-refractivity contribution in [1.82, 2.24) is 0 Å². The molecule has 0 aromatic heterocycles. The van der Waals surface area contributed by atoms with Crippen LogP contribution in [-0.4, -0.2) is 5.11 Å². The van der Waals surface area contributed by atoms with Crippen LogP contribution in [0.4, 0.5) is 0 Å². The lowest BCUT2D eigenvalue weighted by atomic mass is 9.83. The van der Waals surface area contributed by atoms with Gasteiger partial charge in [0.25, 0.3) is 0 Å². The van der Waals surface area contributed by atoms with Crippen LogP contribution >= 0.6 is 11.8 Å². The van der Waals surface area contributed by atoms with Gasteiger partial charge in [-0.2, -0.15) is 0 Å². The van der Waals surface area contributed by atoms with E-state index in [9.17, 15) is 5.11 Å². The molecule has 156 valence electrons. The van der Waals surface area contributed by atoms with Crippen molar-refractivity contribution in [2.75, 3.05) is 0 Å². The zero-order valence-electron chi connectivity index (χ0n) is 18.2. The number of phenols is 1.